The van der Waals surface area contributed by atoms with E-state index in [0.29, 0.717) is 0 Å². The number of nitrogens with zero attached hydrogens (tertiary/aromatic N) is 2. The molecule has 2 aromatic carbocycles. The van der Waals surface area contributed by atoms with Gasteiger partial charge in [-0.25, -0.2) is 0 Å². The molecule has 2 heterocycles. The molecule has 0 fully saturated rings. The van der Waals surface area contributed by atoms with Crippen LogP contribution < -0.4 is 0 Å². The topological polar surface area (TPSA) is 94.1 Å². The summed E-state index contributed by atoms with van der Waals surface area (Å²) in [5.74, 6) is -2.39. The summed E-state index contributed by atoms with van der Waals surface area (Å²) in [6.07, 6.45) is 5.81. The smallest absolute Gasteiger partial charge is 0.183 e. The number of pyridine rings is 2. The van der Waals surface area contributed by atoms with Crippen molar-refractivity contribution in [2.75, 3.05) is 0 Å². The fourth-order valence-corrected chi connectivity index (χ4v) is 5.58. The van der Waals surface area contributed by atoms with Crippen molar-refractivity contribution in [3.8, 4) is 0 Å². The standard InChI is InChI=1S/C28H16N2O4/c31-23-19-9-1-2-10-20(19)24(32)27(23,17-7-5-13-29-15-17)28(18-8-6-14-30-16-18)25(33)21-11-3-4-12-22(21)26(28)34/h1-16H. The van der Waals surface area contributed by atoms with E-state index < -0.39 is 34.0 Å². The molecule has 0 bridgehead atoms. The van der Waals surface area contributed by atoms with Gasteiger partial charge in [-0.2, -0.15) is 0 Å². The number of carbonyl (C=O) groups excluding carboxylic acids is 4. The van der Waals surface area contributed by atoms with Gasteiger partial charge < -0.3 is 0 Å². The molecule has 6 heteroatoms. The highest BCUT2D eigenvalue weighted by atomic mass is 16.2. The van der Waals surface area contributed by atoms with Gasteiger partial charge in [-0.15, -0.1) is 0 Å². The van der Waals surface area contributed by atoms with E-state index in [1.165, 1.54) is 24.8 Å². The zero-order chi connectivity index (χ0) is 23.5. The van der Waals surface area contributed by atoms with Crippen LogP contribution in [0, 0.1) is 0 Å². The Labute approximate surface area is 194 Å². The molecular weight excluding hydrogens is 428 g/mol. The number of benzene rings is 2. The quantitative estimate of drug-likeness (QED) is 0.446. The van der Waals surface area contributed by atoms with E-state index in [4.69, 9.17) is 0 Å². The van der Waals surface area contributed by atoms with Gasteiger partial charge in [0.25, 0.3) is 0 Å². The summed E-state index contributed by atoms with van der Waals surface area (Å²) in [6.45, 7) is 0. The molecule has 0 amide bonds. The highest BCUT2D eigenvalue weighted by Gasteiger charge is 2.75. The second-order valence-corrected chi connectivity index (χ2v) is 8.39. The Morgan fingerprint density at radius 3 is 1.03 bits per heavy atom. The van der Waals surface area contributed by atoms with Crippen LogP contribution in [-0.2, 0) is 10.8 Å². The predicted octanol–water partition coefficient (Wildman–Crippen LogP) is 3.81. The normalized spacial score (nSPS) is 17.5. The maximum absolute atomic E-state index is 14.4. The van der Waals surface area contributed by atoms with Crippen molar-refractivity contribution < 1.29 is 19.2 Å². The second-order valence-electron chi connectivity index (χ2n) is 8.39. The van der Waals surface area contributed by atoms with Crippen molar-refractivity contribution in [1.82, 2.24) is 9.97 Å². The summed E-state index contributed by atoms with van der Waals surface area (Å²) in [4.78, 5) is 65.8. The summed E-state index contributed by atoms with van der Waals surface area (Å²) < 4.78 is 0. The van der Waals surface area contributed by atoms with E-state index in [-0.39, 0.29) is 33.4 Å². The number of hydrogen-bond acceptors (Lipinski definition) is 6. The van der Waals surface area contributed by atoms with Crippen molar-refractivity contribution in [2.45, 2.75) is 10.8 Å². The van der Waals surface area contributed by atoms with Gasteiger partial charge in [0.05, 0.1) is 0 Å². The van der Waals surface area contributed by atoms with Gasteiger partial charge >= 0.3 is 0 Å². The zero-order valence-corrected chi connectivity index (χ0v) is 17.8. The first kappa shape index (κ1) is 20.1. The van der Waals surface area contributed by atoms with Crippen LogP contribution >= 0.6 is 0 Å². The van der Waals surface area contributed by atoms with Crippen LogP contribution in [0.15, 0.2) is 97.6 Å². The summed E-state index contributed by atoms with van der Waals surface area (Å²) in [5, 5.41) is 0. The zero-order valence-electron chi connectivity index (χ0n) is 17.8. The van der Waals surface area contributed by atoms with E-state index in [1.807, 2.05) is 0 Å². The van der Waals surface area contributed by atoms with Crippen LogP contribution in [-0.4, -0.2) is 33.1 Å². The van der Waals surface area contributed by atoms with Crippen LogP contribution in [0.1, 0.15) is 52.6 Å². The molecule has 6 nitrogen and oxygen atoms in total. The van der Waals surface area contributed by atoms with Gasteiger partial charge in [-0.05, 0) is 23.3 Å². The molecule has 4 aromatic rings. The summed E-state index contributed by atoms with van der Waals surface area (Å²) >= 11 is 0. The third-order valence-electron chi connectivity index (χ3n) is 6.95. The van der Waals surface area contributed by atoms with E-state index in [9.17, 15) is 19.2 Å². The first-order valence-electron chi connectivity index (χ1n) is 10.7. The van der Waals surface area contributed by atoms with Crippen molar-refractivity contribution in [2.24, 2.45) is 0 Å². The molecular formula is C28H16N2O4. The minimum absolute atomic E-state index is 0.177. The number of ketones is 4. The van der Waals surface area contributed by atoms with Gasteiger partial charge in [-0.3, -0.25) is 29.1 Å². The minimum atomic E-state index is -2.17. The van der Waals surface area contributed by atoms with Gasteiger partial charge in [0, 0.05) is 47.0 Å². The van der Waals surface area contributed by atoms with E-state index in [0.717, 1.165) is 0 Å². The molecule has 0 N–H and O–H groups in total. The molecule has 162 valence electrons. The molecule has 0 saturated carbocycles. The minimum Gasteiger partial charge on any atom is -0.293 e. The van der Waals surface area contributed by atoms with Gasteiger partial charge in [-0.1, -0.05) is 60.7 Å². The Morgan fingerprint density at radius 2 is 0.765 bits per heavy atom. The lowest BCUT2D eigenvalue weighted by molar-refractivity contribution is 0.0557. The van der Waals surface area contributed by atoms with Crippen molar-refractivity contribution in [3.05, 3.63) is 131 Å². The summed E-state index contributed by atoms with van der Waals surface area (Å²) in [7, 11) is 0. The lowest BCUT2D eigenvalue weighted by Gasteiger charge is -2.41. The van der Waals surface area contributed by atoms with E-state index in [2.05, 4.69) is 9.97 Å². The molecule has 2 aliphatic carbocycles. The molecule has 0 unspecified atom stereocenters. The number of rotatable bonds is 3. The van der Waals surface area contributed by atoms with Crippen LogP contribution in [0.3, 0.4) is 0 Å². The molecule has 34 heavy (non-hydrogen) atoms. The first-order valence-corrected chi connectivity index (χ1v) is 10.7. The average molecular weight is 444 g/mol. The Kier molecular flexibility index (Phi) is 4.10. The number of Topliss-reactive ketones (excluding diaryl/α,β-unsaturated/α-hetero) is 4. The largest absolute Gasteiger partial charge is 0.293 e. The predicted molar refractivity (Wildman–Crippen MR) is 122 cm³/mol. The number of carbonyl (C=O) groups is 4. The highest BCUT2D eigenvalue weighted by Crippen LogP contribution is 2.57. The van der Waals surface area contributed by atoms with Crippen molar-refractivity contribution >= 4 is 23.1 Å². The Morgan fingerprint density at radius 1 is 0.441 bits per heavy atom. The summed E-state index contributed by atoms with van der Waals surface area (Å²) in [6, 6.07) is 19.2. The number of hydrogen-bond donors (Lipinski definition) is 0. The fourth-order valence-electron chi connectivity index (χ4n) is 5.58. The van der Waals surface area contributed by atoms with Crippen LogP contribution in [0.25, 0.3) is 0 Å². The average Bonchev–Trinajstić information content (AvgIpc) is 3.26. The lowest BCUT2D eigenvalue weighted by Crippen LogP contribution is -2.62. The Bertz CT molecular complexity index is 1340. The Balaban J connectivity index is 1.82. The summed E-state index contributed by atoms with van der Waals surface area (Å²) in [5.41, 5.74) is -3.23. The van der Waals surface area contributed by atoms with Crippen LogP contribution in [0.4, 0.5) is 0 Å². The molecule has 0 atom stereocenters. The van der Waals surface area contributed by atoms with Crippen molar-refractivity contribution in [3.63, 3.8) is 0 Å². The van der Waals surface area contributed by atoms with Crippen LogP contribution in [0.2, 0.25) is 0 Å². The second kappa shape index (κ2) is 6.96. The highest BCUT2D eigenvalue weighted by molar-refractivity contribution is 6.45. The van der Waals surface area contributed by atoms with Gasteiger partial charge in [0.15, 0.2) is 23.1 Å². The monoisotopic (exact) mass is 444 g/mol. The lowest BCUT2D eigenvalue weighted by atomic mass is 9.52. The number of fused-ring (bicyclic) bond motifs is 2. The molecule has 6 rings (SSSR count). The molecule has 0 spiro atoms. The fraction of sp³-hybridized carbons (Fsp3) is 0.0714. The Hall–Kier alpha value is -4.58. The van der Waals surface area contributed by atoms with Gasteiger partial charge in [0.2, 0.25) is 0 Å². The molecule has 0 saturated heterocycles. The first-order chi connectivity index (χ1) is 16.6. The SMILES string of the molecule is O=C1c2ccccc2C(=O)C1(c1cccnc1)C1(c2cccnc2)C(=O)c2ccccc2C1=O. The maximum atomic E-state index is 14.4. The van der Waals surface area contributed by atoms with E-state index >= 15 is 0 Å². The van der Waals surface area contributed by atoms with E-state index in [1.54, 1.807) is 72.8 Å². The maximum Gasteiger partial charge on any atom is 0.183 e. The molecule has 2 aliphatic rings. The molecule has 0 aliphatic heterocycles. The molecule has 2 aromatic heterocycles. The van der Waals surface area contributed by atoms with Crippen LogP contribution in [0.5, 0.6) is 0 Å². The molecule has 0 radical (unpaired) electrons. The van der Waals surface area contributed by atoms with Gasteiger partial charge in [0.1, 0.15) is 10.8 Å². The third-order valence-corrected chi connectivity index (χ3v) is 6.95. The number of aromatic nitrogens is 2. The van der Waals surface area contributed by atoms with Crippen molar-refractivity contribution in [1.29, 1.82) is 0 Å². The third kappa shape index (κ3) is 2.15.